The first-order chi connectivity index (χ1) is 5.22. The van der Waals surface area contributed by atoms with Gasteiger partial charge in [-0.15, -0.1) is 0 Å². The molecule has 0 N–H and O–H groups in total. The van der Waals surface area contributed by atoms with E-state index in [0.717, 1.165) is 5.92 Å². The van der Waals surface area contributed by atoms with E-state index >= 15 is 0 Å². The standard InChI is InChI=1S/C11H23/c1-5-7-8-9-11(6-2)10(3)4/h10-11H,3,5-9H2,1-2,4H3. The van der Waals surface area contributed by atoms with Crippen LogP contribution < -0.4 is 0 Å². The summed E-state index contributed by atoms with van der Waals surface area (Å²) in [7, 11) is 0. The average molecular weight is 155 g/mol. The lowest BCUT2D eigenvalue weighted by molar-refractivity contribution is 0.363. The van der Waals surface area contributed by atoms with Gasteiger partial charge in [0, 0.05) is 0 Å². The van der Waals surface area contributed by atoms with Crippen molar-refractivity contribution in [1.82, 2.24) is 0 Å². The smallest absolute Gasteiger partial charge is 0.0391 e. The summed E-state index contributed by atoms with van der Waals surface area (Å²) < 4.78 is 0. The van der Waals surface area contributed by atoms with Gasteiger partial charge >= 0.3 is 0 Å². The Balaban J connectivity index is 3.36. The van der Waals surface area contributed by atoms with Gasteiger partial charge in [0.1, 0.15) is 0 Å². The second kappa shape index (κ2) is 6.69. The van der Waals surface area contributed by atoms with Crippen molar-refractivity contribution in [2.45, 2.75) is 52.9 Å². The lowest BCUT2D eigenvalue weighted by Crippen LogP contribution is -2.07. The van der Waals surface area contributed by atoms with Crippen LogP contribution in [0.2, 0.25) is 0 Å². The molecule has 0 bridgehead atoms. The zero-order valence-electron chi connectivity index (χ0n) is 8.40. The normalized spacial score (nSPS) is 13.9. The molecule has 0 aliphatic heterocycles. The monoisotopic (exact) mass is 155 g/mol. The zero-order valence-corrected chi connectivity index (χ0v) is 8.40. The molecule has 0 spiro atoms. The SMILES string of the molecule is [CH2]C(C)C(CC)CCCCC. The highest BCUT2D eigenvalue weighted by Crippen LogP contribution is 2.21. The molecule has 0 fully saturated rings. The van der Waals surface area contributed by atoms with Gasteiger partial charge in [-0.2, -0.15) is 0 Å². The summed E-state index contributed by atoms with van der Waals surface area (Å²) in [6, 6.07) is 0. The molecule has 0 aromatic rings. The predicted molar refractivity (Wildman–Crippen MR) is 52.4 cm³/mol. The van der Waals surface area contributed by atoms with E-state index in [2.05, 4.69) is 27.7 Å². The Morgan fingerprint density at radius 1 is 1.18 bits per heavy atom. The molecule has 2 unspecified atom stereocenters. The molecule has 0 rings (SSSR count). The number of unbranched alkanes of at least 4 members (excludes halogenated alkanes) is 2. The number of rotatable bonds is 6. The second-order valence-corrected chi connectivity index (χ2v) is 3.64. The maximum Gasteiger partial charge on any atom is -0.0391 e. The molecule has 2 atom stereocenters. The Kier molecular flexibility index (Phi) is 6.69. The van der Waals surface area contributed by atoms with Crippen LogP contribution in [-0.2, 0) is 0 Å². The van der Waals surface area contributed by atoms with Crippen molar-refractivity contribution >= 4 is 0 Å². The third-order valence-electron chi connectivity index (χ3n) is 2.51. The van der Waals surface area contributed by atoms with E-state index in [0.29, 0.717) is 5.92 Å². The topological polar surface area (TPSA) is 0 Å². The lowest BCUT2D eigenvalue weighted by Gasteiger charge is -2.18. The third-order valence-corrected chi connectivity index (χ3v) is 2.51. The van der Waals surface area contributed by atoms with E-state index in [-0.39, 0.29) is 0 Å². The summed E-state index contributed by atoms with van der Waals surface area (Å²) >= 11 is 0. The Labute approximate surface area is 72.4 Å². The first-order valence-electron chi connectivity index (χ1n) is 5.05. The Morgan fingerprint density at radius 2 is 1.82 bits per heavy atom. The van der Waals surface area contributed by atoms with Gasteiger partial charge in [0.05, 0.1) is 0 Å². The fourth-order valence-electron chi connectivity index (χ4n) is 1.55. The van der Waals surface area contributed by atoms with E-state index in [4.69, 9.17) is 0 Å². The van der Waals surface area contributed by atoms with Crippen molar-refractivity contribution in [1.29, 1.82) is 0 Å². The van der Waals surface area contributed by atoms with Gasteiger partial charge in [0.15, 0.2) is 0 Å². The maximum atomic E-state index is 4.09. The highest BCUT2D eigenvalue weighted by Gasteiger charge is 2.09. The minimum Gasteiger partial charge on any atom is -0.0654 e. The third kappa shape index (κ3) is 5.29. The van der Waals surface area contributed by atoms with Gasteiger partial charge in [-0.05, 0) is 11.8 Å². The van der Waals surface area contributed by atoms with Gasteiger partial charge in [0.2, 0.25) is 0 Å². The van der Waals surface area contributed by atoms with E-state index in [1.807, 2.05) is 0 Å². The fourth-order valence-corrected chi connectivity index (χ4v) is 1.55. The van der Waals surface area contributed by atoms with Crippen LogP contribution in [0, 0.1) is 18.8 Å². The molecule has 0 aliphatic rings. The van der Waals surface area contributed by atoms with Crippen molar-refractivity contribution in [3.63, 3.8) is 0 Å². The highest BCUT2D eigenvalue weighted by atomic mass is 14.1. The van der Waals surface area contributed by atoms with Gasteiger partial charge < -0.3 is 0 Å². The highest BCUT2D eigenvalue weighted by molar-refractivity contribution is 4.66. The molecule has 67 valence electrons. The molecule has 0 amide bonds. The van der Waals surface area contributed by atoms with Crippen LogP contribution in [0.15, 0.2) is 0 Å². The summed E-state index contributed by atoms with van der Waals surface area (Å²) in [5, 5.41) is 0. The van der Waals surface area contributed by atoms with Crippen LogP contribution in [0.1, 0.15) is 52.9 Å². The van der Waals surface area contributed by atoms with Crippen molar-refractivity contribution in [2.75, 3.05) is 0 Å². The van der Waals surface area contributed by atoms with Crippen molar-refractivity contribution in [3.8, 4) is 0 Å². The zero-order chi connectivity index (χ0) is 8.69. The van der Waals surface area contributed by atoms with Gasteiger partial charge in [0.25, 0.3) is 0 Å². The van der Waals surface area contributed by atoms with Crippen molar-refractivity contribution < 1.29 is 0 Å². The van der Waals surface area contributed by atoms with E-state index in [9.17, 15) is 0 Å². The Morgan fingerprint density at radius 3 is 2.18 bits per heavy atom. The second-order valence-electron chi connectivity index (χ2n) is 3.64. The molecule has 0 nitrogen and oxygen atoms in total. The molecule has 0 aliphatic carbocycles. The first-order valence-corrected chi connectivity index (χ1v) is 5.05. The molecule has 11 heavy (non-hydrogen) atoms. The Hall–Kier alpha value is 0. The molecule has 0 saturated carbocycles. The first kappa shape index (κ1) is 11.0. The summed E-state index contributed by atoms with van der Waals surface area (Å²) in [6.07, 6.45) is 6.81. The van der Waals surface area contributed by atoms with E-state index in [1.54, 1.807) is 0 Å². The lowest BCUT2D eigenvalue weighted by atomic mass is 9.88. The molecule has 1 radical (unpaired) electrons. The van der Waals surface area contributed by atoms with Crippen LogP contribution in [0.3, 0.4) is 0 Å². The summed E-state index contributed by atoms with van der Waals surface area (Å²) in [5.41, 5.74) is 0. The molecule has 0 heterocycles. The average Bonchev–Trinajstić information content (AvgIpc) is 1.97. The molecule has 0 aromatic heterocycles. The largest absolute Gasteiger partial charge is 0.0654 e. The Bertz CT molecular complexity index is 74.1. The summed E-state index contributed by atoms with van der Waals surface area (Å²) in [6.45, 7) is 10.9. The van der Waals surface area contributed by atoms with Crippen molar-refractivity contribution in [3.05, 3.63) is 6.92 Å². The predicted octanol–water partition coefficient (Wildman–Crippen LogP) is 4.06. The van der Waals surface area contributed by atoms with Crippen molar-refractivity contribution in [2.24, 2.45) is 11.8 Å². The number of hydrogen-bond acceptors (Lipinski definition) is 0. The van der Waals surface area contributed by atoms with Crippen LogP contribution in [-0.4, -0.2) is 0 Å². The molecule has 0 saturated heterocycles. The quantitative estimate of drug-likeness (QED) is 0.507. The van der Waals surface area contributed by atoms with Crippen LogP contribution in [0.4, 0.5) is 0 Å². The maximum absolute atomic E-state index is 4.09. The van der Waals surface area contributed by atoms with Crippen LogP contribution in [0.25, 0.3) is 0 Å². The fraction of sp³-hybridized carbons (Fsp3) is 0.909. The van der Waals surface area contributed by atoms with Gasteiger partial charge in [-0.1, -0.05) is 59.8 Å². The minimum atomic E-state index is 0.636. The van der Waals surface area contributed by atoms with Crippen LogP contribution in [0.5, 0.6) is 0 Å². The molecule has 0 heteroatoms. The minimum absolute atomic E-state index is 0.636. The van der Waals surface area contributed by atoms with Gasteiger partial charge in [-0.3, -0.25) is 0 Å². The summed E-state index contributed by atoms with van der Waals surface area (Å²) in [4.78, 5) is 0. The molecule has 0 aromatic carbocycles. The van der Waals surface area contributed by atoms with E-state index < -0.39 is 0 Å². The molecular formula is C11H23. The number of hydrogen-bond donors (Lipinski definition) is 0. The molecular weight excluding hydrogens is 132 g/mol. The van der Waals surface area contributed by atoms with Gasteiger partial charge in [-0.25, -0.2) is 0 Å². The summed E-state index contributed by atoms with van der Waals surface area (Å²) in [5.74, 6) is 1.50. The van der Waals surface area contributed by atoms with E-state index in [1.165, 1.54) is 32.1 Å². The van der Waals surface area contributed by atoms with Crippen LogP contribution >= 0.6 is 0 Å².